The Labute approximate surface area is 208 Å². The molecule has 0 saturated carbocycles. The first-order valence-corrected chi connectivity index (χ1v) is 13.0. The van der Waals surface area contributed by atoms with Gasteiger partial charge in [-0.15, -0.1) is 11.3 Å². The van der Waals surface area contributed by atoms with Crippen LogP contribution in [-0.2, 0) is 29.8 Å². The topological polar surface area (TPSA) is 39.3 Å². The van der Waals surface area contributed by atoms with E-state index in [1.54, 1.807) is 11.3 Å². The number of aromatic amines is 1. The molecule has 172 valence electrons. The van der Waals surface area contributed by atoms with Crippen LogP contribution in [0, 0.1) is 0 Å². The molecule has 1 atom stereocenters. The lowest BCUT2D eigenvalue weighted by Crippen LogP contribution is -2.56. The molecule has 2 aliphatic heterocycles. The molecule has 1 N–H and O–H groups in total. The average Bonchev–Trinajstić information content (AvgIpc) is 3.60. The van der Waals surface area contributed by atoms with Crippen LogP contribution >= 0.6 is 11.3 Å². The van der Waals surface area contributed by atoms with Crippen molar-refractivity contribution in [2.75, 3.05) is 11.4 Å². The summed E-state index contributed by atoms with van der Waals surface area (Å²) in [5.74, 6) is 0.131. The molecule has 0 unspecified atom stereocenters. The first-order chi connectivity index (χ1) is 17.3. The molecule has 0 fully saturated rings. The third-order valence-electron chi connectivity index (χ3n) is 7.53. The SMILES string of the molecule is O=C1N(Cc2ccccc2)c2ccccc2[C@]12c1[nH]c3ccccc3c1CCN2Cc1cccs1. The van der Waals surface area contributed by atoms with Crippen molar-refractivity contribution in [2.45, 2.75) is 25.0 Å². The number of nitrogens with zero attached hydrogens (tertiary/aromatic N) is 2. The molecule has 0 saturated heterocycles. The molecule has 2 aromatic heterocycles. The van der Waals surface area contributed by atoms with Crippen molar-refractivity contribution in [1.82, 2.24) is 9.88 Å². The summed E-state index contributed by atoms with van der Waals surface area (Å²) in [6.07, 6.45) is 0.917. The molecule has 1 spiro atoms. The normalized spacial score (nSPS) is 19.4. The van der Waals surface area contributed by atoms with Crippen molar-refractivity contribution < 1.29 is 4.79 Å². The summed E-state index contributed by atoms with van der Waals surface area (Å²) in [4.78, 5) is 24.2. The fraction of sp³-hybridized carbons (Fsp3) is 0.167. The number of para-hydroxylation sites is 2. The van der Waals surface area contributed by atoms with Gasteiger partial charge in [-0.05, 0) is 41.1 Å². The fourth-order valence-corrected chi connectivity index (χ4v) is 6.75. The maximum Gasteiger partial charge on any atom is 0.258 e. The highest BCUT2D eigenvalue weighted by Crippen LogP contribution is 2.52. The van der Waals surface area contributed by atoms with E-state index in [4.69, 9.17) is 0 Å². The van der Waals surface area contributed by atoms with Gasteiger partial charge in [0.05, 0.1) is 17.9 Å². The van der Waals surface area contributed by atoms with E-state index in [0.29, 0.717) is 6.54 Å². The number of carbonyl (C=O) groups excluding carboxylic acids is 1. The number of aromatic nitrogens is 1. The van der Waals surface area contributed by atoms with Gasteiger partial charge in [-0.25, -0.2) is 0 Å². The van der Waals surface area contributed by atoms with Crippen LogP contribution < -0.4 is 4.90 Å². The first-order valence-electron chi connectivity index (χ1n) is 12.1. The predicted molar refractivity (Wildman–Crippen MR) is 142 cm³/mol. The van der Waals surface area contributed by atoms with E-state index in [1.807, 2.05) is 29.2 Å². The van der Waals surface area contributed by atoms with Gasteiger partial charge in [0.1, 0.15) is 0 Å². The van der Waals surface area contributed by atoms with Crippen LogP contribution in [-0.4, -0.2) is 22.3 Å². The van der Waals surface area contributed by atoms with Crippen molar-refractivity contribution in [3.05, 3.63) is 124 Å². The van der Waals surface area contributed by atoms with Crippen molar-refractivity contribution >= 4 is 33.8 Å². The van der Waals surface area contributed by atoms with Gasteiger partial charge < -0.3 is 9.88 Å². The predicted octanol–water partition coefficient (Wildman–Crippen LogP) is 6.08. The maximum atomic E-state index is 14.8. The van der Waals surface area contributed by atoms with E-state index >= 15 is 0 Å². The Morgan fingerprint density at radius 2 is 1.66 bits per heavy atom. The monoisotopic (exact) mass is 475 g/mol. The number of rotatable bonds is 4. The number of hydrogen-bond acceptors (Lipinski definition) is 3. The number of anilines is 1. The molecule has 2 aliphatic rings. The second kappa shape index (κ2) is 7.94. The van der Waals surface area contributed by atoms with Gasteiger partial charge in [0.25, 0.3) is 5.91 Å². The molecule has 1 amide bonds. The third-order valence-corrected chi connectivity index (χ3v) is 8.39. The summed E-state index contributed by atoms with van der Waals surface area (Å²) < 4.78 is 0. The van der Waals surface area contributed by atoms with Crippen LogP contribution in [0.1, 0.15) is 27.3 Å². The number of nitrogens with one attached hydrogen (secondary N) is 1. The van der Waals surface area contributed by atoms with Crippen LogP contribution in [0.2, 0.25) is 0 Å². The molecular weight excluding hydrogens is 450 g/mol. The summed E-state index contributed by atoms with van der Waals surface area (Å²) in [6, 6.07) is 31.4. The molecule has 7 rings (SSSR count). The minimum absolute atomic E-state index is 0.131. The highest BCUT2D eigenvalue weighted by Gasteiger charge is 2.59. The second-order valence-electron chi connectivity index (χ2n) is 9.38. The van der Waals surface area contributed by atoms with E-state index < -0.39 is 5.54 Å². The standard InChI is InChI=1S/C30H25N3OS/c34-29-30(25-13-5-7-15-27(25)33(29)19-21-9-2-1-3-10-21)28-24(23-12-4-6-14-26(23)31-28)16-17-32(30)20-22-11-8-18-35-22/h1-15,18,31H,16-17,19-20H2/t30-/m0/s1. The zero-order chi connectivity index (χ0) is 23.4. The van der Waals surface area contributed by atoms with E-state index in [1.165, 1.54) is 15.8 Å². The minimum Gasteiger partial charge on any atom is -0.356 e. The molecule has 4 nitrogen and oxygen atoms in total. The van der Waals surface area contributed by atoms with Gasteiger partial charge in [-0.1, -0.05) is 72.8 Å². The zero-order valence-corrected chi connectivity index (χ0v) is 20.1. The van der Waals surface area contributed by atoms with Gasteiger partial charge in [0.15, 0.2) is 5.54 Å². The zero-order valence-electron chi connectivity index (χ0n) is 19.3. The highest BCUT2D eigenvalue weighted by molar-refractivity contribution is 7.09. The number of hydrogen-bond donors (Lipinski definition) is 1. The number of thiophene rings is 1. The molecule has 4 heterocycles. The lowest BCUT2D eigenvalue weighted by Gasteiger charge is -2.43. The Balaban J connectivity index is 1.47. The van der Waals surface area contributed by atoms with Gasteiger partial charge in [0, 0.05) is 34.4 Å². The van der Waals surface area contributed by atoms with Crippen LogP contribution in [0.25, 0.3) is 10.9 Å². The molecular formula is C30H25N3OS. The van der Waals surface area contributed by atoms with E-state index in [2.05, 4.69) is 82.0 Å². The Morgan fingerprint density at radius 1 is 0.857 bits per heavy atom. The van der Waals surface area contributed by atoms with Crippen molar-refractivity contribution in [3.63, 3.8) is 0 Å². The second-order valence-corrected chi connectivity index (χ2v) is 10.4. The third kappa shape index (κ3) is 2.98. The summed E-state index contributed by atoms with van der Waals surface area (Å²) in [7, 11) is 0. The fourth-order valence-electron chi connectivity index (χ4n) is 6.03. The summed E-state index contributed by atoms with van der Waals surface area (Å²) >= 11 is 1.75. The van der Waals surface area contributed by atoms with E-state index in [-0.39, 0.29) is 5.91 Å². The number of carbonyl (C=O) groups is 1. The lowest BCUT2D eigenvalue weighted by molar-refractivity contribution is -0.129. The smallest absolute Gasteiger partial charge is 0.258 e. The Kier molecular flexibility index (Phi) is 4.69. The van der Waals surface area contributed by atoms with Crippen LogP contribution in [0.15, 0.2) is 96.4 Å². The number of amides is 1. The largest absolute Gasteiger partial charge is 0.356 e. The summed E-state index contributed by atoms with van der Waals surface area (Å²) in [6.45, 7) is 2.12. The molecule has 5 heteroatoms. The minimum atomic E-state index is -0.873. The van der Waals surface area contributed by atoms with Crippen molar-refractivity contribution in [2.24, 2.45) is 0 Å². The Hall–Kier alpha value is -3.67. The van der Waals surface area contributed by atoms with Crippen LogP contribution in [0.5, 0.6) is 0 Å². The molecule has 35 heavy (non-hydrogen) atoms. The molecule has 0 aliphatic carbocycles. The molecule has 0 radical (unpaired) electrons. The lowest BCUT2D eigenvalue weighted by atomic mass is 9.80. The quantitative estimate of drug-likeness (QED) is 0.342. The molecule has 3 aromatic carbocycles. The average molecular weight is 476 g/mol. The number of fused-ring (bicyclic) bond motifs is 6. The van der Waals surface area contributed by atoms with Crippen molar-refractivity contribution in [1.29, 1.82) is 0 Å². The Bertz CT molecular complexity index is 1540. The number of benzene rings is 3. The molecule has 5 aromatic rings. The van der Waals surface area contributed by atoms with Gasteiger partial charge in [-0.3, -0.25) is 9.69 Å². The van der Waals surface area contributed by atoms with Gasteiger partial charge in [-0.2, -0.15) is 0 Å². The van der Waals surface area contributed by atoms with Gasteiger partial charge >= 0.3 is 0 Å². The van der Waals surface area contributed by atoms with E-state index in [0.717, 1.165) is 47.5 Å². The Morgan fingerprint density at radius 3 is 2.51 bits per heavy atom. The first kappa shape index (κ1) is 20.7. The highest BCUT2D eigenvalue weighted by atomic mass is 32.1. The summed E-state index contributed by atoms with van der Waals surface area (Å²) in [5, 5.41) is 3.34. The van der Waals surface area contributed by atoms with Gasteiger partial charge in [0.2, 0.25) is 0 Å². The van der Waals surface area contributed by atoms with Crippen molar-refractivity contribution in [3.8, 4) is 0 Å². The van der Waals surface area contributed by atoms with E-state index in [9.17, 15) is 4.79 Å². The summed E-state index contributed by atoms with van der Waals surface area (Å²) in [5.41, 5.74) is 5.74. The van der Waals surface area contributed by atoms with Crippen LogP contribution in [0.4, 0.5) is 5.69 Å². The maximum absolute atomic E-state index is 14.8. The molecule has 0 bridgehead atoms. The van der Waals surface area contributed by atoms with Crippen LogP contribution in [0.3, 0.4) is 0 Å². The number of H-pyrrole nitrogens is 1.